The summed E-state index contributed by atoms with van der Waals surface area (Å²) in [6.45, 7) is 2.30. The fourth-order valence-corrected chi connectivity index (χ4v) is 7.18. The molecule has 0 amide bonds. The van der Waals surface area contributed by atoms with Gasteiger partial charge in [-0.3, -0.25) is 0 Å². The third-order valence-electron chi connectivity index (χ3n) is 5.19. The monoisotopic (exact) mass is 356 g/mol. The van der Waals surface area contributed by atoms with Gasteiger partial charge in [-0.05, 0) is 60.7 Å². The van der Waals surface area contributed by atoms with Gasteiger partial charge in [0, 0.05) is 8.80 Å². The Morgan fingerprint density at radius 1 is 1.08 bits per heavy atom. The summed E-state index contributed by atoms with van der Waals surface area (Å²) >= 11 is 0. The van der Waals surface area contributed by atoms with Gasteiger partial charge in [0.25, 0.3) is 0 Å². The predicted octanol–water partition coefficient (Wildman–Crippen LogP) is 5.56. The summed E-state index contributed by atoms with van der Waals surface area (Å²) in [5.41, 5.74) is 1.70. The SMILES string of the molecule is CCC[Si@H]1CC[C@H](c2ccc(OC(=O)c3ccc(F)cc3)cc2)CC1. The second-order valence-corrected chi connectivity index (χ2v) is 10.4. The Hall–Kier alpha value is -1.94. The zero-order valence-corrected chi connectivity index (χ0v) is 15.9. The van der Waals surface area contributed by atoms with Crippen LogP contribution in [-0.2, 0) is 0 Å². The van der Waals surface area contributed by atoms with Crippen LogP contribution in [0.5, 0.6) is 5.75 Å². The lowest BCUT2D eigenvalue weighted by Gasteiger charge is -2.27. The molecule has 2 aromatic rings. The minimum atomic E-state index is -0.459. The molecule has 1 heterocycles. The molecule has 1 fully saturated rings. The lowest BCUT2D eigenvalue weighted by molar-refractivity contribution is 0.0734. The van der Waals surface area contributed by atoms with Gasteiger partial charge in [-0.2, -0.15) is 0 Å². The highest BCUT2D eigenvalue weighted by Crippen LogP contribution is 2.35. The summed E-state index contributed by atoms with van der Waals surface area (Å²) in [6, 6.07) is 17.7. The molecule has 1 aliphatic heterocycles. The van der Waals surface area contributed by atoms with Crippen molar-refractivity contribution in [3.63, 3.8) is 0 Å². The molecule has 0 spiro atoms. The highest BCUT2D eigenvalue weighted by Gasteiger charge is 2.22. The van der Waals surface area contributed by atoms with E-state index in [1.807, 2.05) is 12.1 Å². The molecule has 0 unspecified atom stereocenters. The Balaban J connectivity index is 1.57. The quantitative estimate of drug-likeness (QED) is 0.398. The van der Waals surface area contributed by atoms with Crippen LogP contribution < -0.4 is 4.74 Å². The first kappa shape index (κ1) is 17.9. The number of rotatable bonds is 5. The topological polar surface area (TPSA) is 26.3 Å². The zero-order valence-electron chi connectivity index (χ0n) is 14.7. The van der Waals surface area contributed by atoms with Crippen LogP contribution in [-0.4, -0.2) is 14.8 Å². The van der Waals surface area contributed by atoms with Gasteiger partial charge in [-0.25, -0.2) is 9.18 Å². The summed E-state index contributed by atoms with van der Waals surface area (Å²) in [6.07, 6.45) is 3.97. The fourth-order valence-electron chi connectivity index (χ4n) is 3.75. The maximum atomic E-state index is 12.9. The largest absolute Gasteiger partial charge is 0.423 e. The van der Waals surface area contributed by atoms with Crippen molar-refractivity contribution in [2.24, 2.45) is 0 Å². The average molecular weight is 357 g/mol. The number of ether oxygens (including phenoxy) is 1. The molecule has 1 aliphatic rings. The maximum Gasteiger partial charge on any atom is 0.343 e. The number of hydrogen-bond donors (Lipinski definition) is 0. The van der Waals surface area contributed by atoms with E-state index in [0.29, 0.717) is 17.2 Å². The van der Waals surface area contributed by atoms with Gasteiger partial charge < -0.3 is 4.74 Å². The molecule has 25 heavy (non-hydrogen) atoms. The van der Waals surface area contributed by atoms with E-state index in [2.05, 4.69) is 19.1 Å². The van der Waals surface area contributed by atoms with E-state index in [9.17, 15) is 9.18 Å². The lowest BCUT2D eigenvalue weighted by atomic mass is 9.93. The molecule has 0 bridgehead atoms. The molecule has 0 atom stereocenters. The first-order valence-electron chi connectivity index (χ1n) is 9.23. The van der Waals surface area contributed by atoms with E-state index in [1.165, 1.54) is 67.2 Å². The molecular formula is C21H25FO2Si. The number of benzene rings is 2. The van der Waals surface area contributed by atoms with Gasteiger partial charge in [0.1, 0.15) is 11.6 Å². The van der Waals surface area contributed by atoms with Crippen LogP contribution in [0.25, 0.3) is 0 Å². The van der Waals surface area contributed by atoms with Crippen LogP contribution in [0.2, 0.25) is 18.1 Å². The maximum absolute atomic E-state index is 12.9. The van der Waals surface area contributed by atoms with E-state index in [-0.39, 0.29) is 5.82 Å². The first-order valence-corrected chi connectivity index (χ1v) is 11.7. The third kappa shape index (κ3) is 4.79. The first-order chi connectivity index (χ1) is 12.2. The molecule has 0 saturated carbocycles. The van der Waals surface area contributed by atoms with Crippen molar-refractivity contribution in [3.8, 4) is 5.75 Å². The van der Waals surface area contributed by atoms with Crippen LogP contribution in [0.4, 0.5) is 4.39 Å². The third-order valence-corrected chi connectivity index (χ3v) is 8.88. The minimum Gasteiger partial charge on any atom is -0.423 e. The molecule has 0 aromatic heterocycles. The summed E-state index contributed by atoms with van der Waals surface area (Å²) in [4.78, 5) is 12.1. The fraction of sp³-hybridized carbons (Fsp3) is 0.381. The molecule has 4 heteroatoms. The summed E-state index contributed by atoms with van der Waals surface area (Å²) in [7, 11) is -0.452. The number of esters is 1. The van der Waals surface area contributed by atoms with Crippen molar-refractivity contribution in [1.29, 1.82) is 0 Å². The second kappa shape index (κ2) is 8.43. The minimum absolute atomic E-state index is 0.352. The summed E-state index contributed by atoms with van der Waals surface area (Å²) in [5.74, 6) is 0.367. The van der Waals surface area contributed by atoms with E-state index >= 15 is 0 Å². The summed E-state index contributed by atoms with van der Waals surface area (Å²) in [5, 5.41) is 0. The molecule has 2 nitrogen and oxygen atoms in total. The van der Waals surface area contributed by atoms with Gasteiger partial charge in [0.05, 0.1) is 5.56 Å². The molecule has 2 aromatic carbocycles. The van der Waals surface area contributed by atoms with Crippen molar-refractivity contribution >= 4 is 14.8 Å². The molecule has 0 radical (unpaired) electrons. The van der Waals surface area contributed by atoms with E-state index < -0.39 is 14.8 Å². The standard InChI is InChI=1S/C21H25FO2Si/c1-2-13-25-14-11-17(12-15-25)16-5-9-20(10-6-16)24-21(23)18-3-7-19(22)8-4-18/h3-10,17,25H,2,11-15H2,1H3/t17-,25-. The molecule has 1 saturated heterocycles. The van der Waals surface area contributed by atoms with Crippen LogP contribution in [0, 0.1) is 5.82 Å². The van der Waals surface area contributed by atoms with Crippen molar-refractivity contribution in [2.45, 2.75) is 50.2 Å². The normalized spacial score (nSPS) is 20.2. The second-order valence-electron chi connectivity index (χ2n) is 6.97. The lowest BCUT2D eigenvalue weighted by Crippen LogP contribution is -2.20. The molecule has 0 N–H and O–H groups in total. The van der Waals surface area contributed by atoms with Gasteiger partial charge >= 0.3 is 5.97 Å². The number of carbonyl (C=O) groups is 1. The van der Waals surface area contributed by atoms with Crippen LogP contribution in [0.3, 0.4) is 0 Å². The van der Waals surface area contributed by atoms with Crippen molar-refractivity contribution in [1.82, 2.24) is 0 Å². The van der Waals surface area contributed by atoms with Crippen LogP contribution in [0.1, 0.15) is 48.0 Å². The average Bonchev–Trinajstić information content (AvgIpc) is 2.64. The highest BCUT2D eigenvalue weighted by molar-refractivity contribution is 6.59. The molecular weight excluding hydrogens is 331 g/mol. The zero-order chi connectivity index (χ0) is 17.6. The van der Waals surface area contributed by atoms with Gasteiger partial charge in [-0.15, -0.1) is 0 Å². The van der Waals surface area contributed by atoms with E-state index in [1.54, 1.807) is 0 Å². The molecule has 3 rings (SSSR count). The smallest absolute Gasteiger partial charge is 0.343 e. The molecule has 132 valence electrons. The van der Waals surface area contributed by atoms with Gasteiger partial charge in [-0.1, -0.05) is 43.6 Å². The summed E-state index contributed by atoms with van der Waals surface area (Å²) < 4.78 is 18.3. The van der Waals surface area contributed by atoms with Crippen molar-refractivity contribution in [2.75, 3.05) is 0 Å². The Kier molecular flexibility index (Phi) is 6.03. The number of halogens is 1. The highest BCUT2D eigenvalue weighted by atomic mass is 28.3. The van der Waals surface area contributed by atoms with Crippen molar-refractivity contribution in [3.05, 3.63) is 65.5 Å². The Morgan fingerprint density at radius 3 is 2.32 bits per heavy atom. The van der Waals surface area contributed by atoms with E-state index in [0.717, 1.165) is 0 Å². The predicted molar refractivity (Wildman–Crippen MR) is 102 cm³/mol. The Bertz CT molecular complexity index is 689. The van der Waals surface area contributed by atoms with Gasteiger partial charge in [0.15, 0.2) is 0 Å². The molecule has 0 aliphatic carbocycles. The number of carbonyl (C=O) groups excluding carboxylic acids is 1. The van der Waals surface area contributed by atoms with Crippen LogP contribution >= 0.6 is 0 Å². The van der Waals surface area contributed by atoms with Gasteiger partial charge in [0.2, 0.25) is 0 Å². The number of hydrogen-bond acceptors (Lipinski definition) is 2. The van der Waals surface area contributed by atoms with Crippen LogP contribution in [0.15, 0.2) is 48.5 Å². The Morgan fingerprint density at radius 2 is 1.72 bits per heavy atom. The Labute approximate surface area is 150 Å². The van der Waals surface area contributed by atoms with E-state index in [4.69, 9.17) is 4.74 Å². The van der Waals surface area contributed by atoms with Crippen molar-refractivity contribution < 1.29 is 13.9 Å².